The molecule has 24 heavy (non-hydrogen) atoms. The van der Waals surface area contributed by atoms with E-state index >= 15 is 0 Å². The van der Waals surface area contributed by atoms with Gasteiger partial charge in [0, 0.05) is 11.3 Å². The Kier molecular flexibility index (Phi) is 4.97. The Morgan fingerprint density at radius 1 is 1.21 bits per heavy atom. The van der Waals surface area contributed by atoms with Gasteiger partial charge in [0.15, 0.2) is 11.9 Å². The van der Waals surface area contributed by atoms with Gasteiger partial charge in [-0.05, 0) is 51.5 Å². The second kappa shape index (κ2) is 6.78. The van der Waals surface area contributed by atoms with Crippen LogP contribution < -0.4 is 0 Å². The molecule has 0 aliphatic rings. The van der Waals surface area contributed by atoms with Gasteiger partial charge in [-0.1, -0.05) is 6.07 Å². The van der Waals surface area contributed by atoms with Crippen molar-refractivity contribution in [1.29, 1.82) is 0 Å². The first kappa shape index (κ1) is 17.6. The van der Waals surface area contributed by atoms with E-state index < -0.39 is 23.7 Å². The normalized spacial score (nSPS) is 11.9. The predicted molar refractivity (Wildman–Crippen MR) is 85.9 cm³/mol. The number of nitrogens with one attached hydrogen (secondary N) is 1. The number of hydrogen-bond donors (Lipinski definition) is 1. The van der Waals surface area contributed by atoms with Crippen LogP contribution in [0.1, 0.15) is 56.3 Å². The van der Waals surface area contributed by atoms with Crippen molar-refractivity contribution in [1.82, 2.24) is 4.98 Å². The van der Waals surface area contributed by atoms with Crippen molar-refractivity contribution in [2.24, 2.45) is 0 Å². The molecule has 1 N–H and O–H groups in total. The van der Waals surface area contributed by atoms with Crippen LogP contribution in [0, 0.1) is 19.7 Å². The minimum atomic E-state index is -1.07. The van der Waals surface area contributed by atoms with E-state index in [2.05, 4.69) is 4.98 Å². The summed E-state index contributed by atoms with van der Waals surface area (Å²) in [4.78, 5) is 39.0. The molecule has 0 unspecified atom stereocenters. The number of hydrogen-bond acceptors (Lipinski definition) is 4. The summed E-state index contributed by atoms with van der Waals surface area (Å²) < 4.78 is 18.3. The molecular weight excluding hydrogens is 313 g/mol. The van der Waals surface area contributed by atoms with Gasteiger partial charge < -0.3 is 9.72 Å². The molecule has 1 atom stereocenters. The lowest BCUT2D eigenvalue weighted by Crippen LogP contribution is -2.25. The zero-order valence-corrected chi connectivity index (χ0v) is 13.9. The predicted octanol–water partition coefficient (Wildman–Crippen LogP) is 3.40. The summed E-state index contributed by atoms with van der Waals surface area (Å²) in [6.45, 7) is 6.21. The van der Waals surface area contributed by atoms with Crippen LogP contribution in [0.3, 0.4) is 0 Å². The second-order valence-electron chi connectivity index (χ2n) is 5.60. The summed E-state index contributed by atoms with van der Waals surface area (Å²) in [5, 5.41) is 0. The van der Waals surface area contributed by atoms with E-state index in [4.69, 9.17) is 4.74 Å². The van der Waals surface area contributed by atoms with E-state index in [1.54, 1.807) is 13.8 Å². The van der Waals surface area contributed by atoms with Gasteiger partial charge in [-0.15, -0.1) is 0 Å². The van der Waals surface area contributed by atoms with Crippen molar-refractivity contribution in [3.63, 3.8) is 0 Å². The summed E-state index contributed by atoms with van der Waals surface area (Å²) in [5.41, 5.74) is 1.84. The lowest BCUT2D eigenvalue weighted by atomic mass is 10.0. The monoisotopic (exact) mass is 331 g/mol. The number of H-pyrrole nitrogens is 1. The number of carbonyl (C=O) groups is 3. The maximum Gasteiger partial charge on any atom is 0.338 e. The van der Waals surface area contributed by atoms with Crippen LogP contribution in [0.15, 0.2) is 24.3 Å². The van der Waals surface area contributed by atoms with Crippen molar-refractivity contribution < 1.29 is 23.5 Å². The molecule has 2 aromatic rings. The highest BCUT2D eigenvalue weighted by Gasteiger charge is 2.26. The van der Waals surface area contributed by atoms with E-state index in [9.17, 15) is 18.8 Å². The maximum absolute atomic E-state index is 13.2. The van der Waals surface area contributed by atoms with Gasteiger partial charge in [0.25, 0.3) is 0 Å². The number of ether oxygens (including phenoxy) is 1. The molecule has 0 aliphatic heterocycles. The number of aryl methyl sites for hydroxylation is 1. The lowest BCUT2D eigenvalue weighted by molar-refractivity contribution is 0.0316. The van der Waals surface area contributed by atoms with Crippen LogP contribution in [0.5, 0.6) is 0 Å². The maximum atomic E-state index is 13.2. The molecule has 0 amide bonds. The van der Waals surface area contributed by atoms with Crippen LogP contribution in [0.2, 0.25) is 0 Å². The Morgan fingerprint density at radius 2 is 1.88 bits per heavy atom. The van der Waals surface area contributed by atoms with Crippen molar-refractivity contribution >= 4 is 17.5 Å². The molecule has 0 aliphatic carbocycles. The van der Waals surface area contributed by atoms with Crippen LogP contribution >= 0.6 is 0 Å². The zero-order valence-electron chi connectivity index (χ0n) is 13.9. The molecule has 0 spiro atoms. The lowest BCUT2D eigenvalue weighted by Gasteiger charge is -2.12. The molecule has 0 bridgehead atoms. The average Bonchev–Trinajstić information content (AvgIpc) is 2.81. The Bertz CT molecular complexity index is 822. The third-order valence-electron chi connectivity index (χ3n) is 3.75. The Morgan fingerprint density at radius 3 is 2.42 bits per heavy atom. The van der Waals surface area contributed by atoms with Gasteiger partial charge in [0.05, 0.1) is 11.3 Å². The van der Waals surface area contributed by atoms with E-state index in [0.717, 1.165) is 6.07 Å². The van der Waals surface area contributed by atoms with Crippen molar-refractivity contribution in [3.8, 4) is 0 Å². The Balaban J connectivity index is 2.20. The van der Waals surface area contributed by atoms with E-state index in [1.807, 2.05) is 0 Å². The number of carbonyl (C=O) groups excluding carboxylic acids is 3. The second-order valence-corrected chi connectivity index (χ2v) is 5.60. The summed E-state index contributed by atoms with van der Waals surface area (Å²) >= 11 is 0. The molecule has 1 aromatic heterocycles. The minimum absolute atomic E-state index is 0.0264. The van der Waals surface area contributed by atoms with Gasteiger partial charge >= 0.3 is 5.97 Å². The van der Waals surface area contributed by atoms with Crippen LogP contribution in [0.25, 0.3) is 0 Å². The third-order valence-corrected chi connectivity index (χ3v) is 3.75. The van der Waals surface area contributed by atoms with Gasteiger partial charge in [-0.25, -0.2) is 9.18 Å². The molecule has 0 radical (unpaired) electrons. The number of esters is 1. The number of rotatable bonds is 5. The summed E-state index contributed by atoms with van der Waals surface area (Å²) in [6, 6.07) is 5.04. The fourth-order valence-electron chi connectivity index (χ4n) is 2.63. The molecule has 0 saturated heterocycles. The Hall–Kier alpha value is -2.76. The fraction of sp³-hybridized carbons (Fsp3) is 0.278. The van der Waals surface area contributed by atoms with Crippen molar-refractivity contribution in [2.45, 2.75) is 33.8 Å². The molecular formula is C18H18FNO4. The molecule has 2 rings (SSSR count). The Labute approximate surface area is 138 Å². The minimum Gasteiger partial charge on any atom is -0.451 e. The molecule has 0 saturated carbocycles. The standard InChI is InChI=1S/C18H18FNO4/c1-9-15(11(3)21)10(2)20-16(9)17(22)12(4)24-18(23)13-6-5-7-14(19)8-13/h5-8,12,20H,1-4H3/t12-/m1/s1. The number of ketones is 2. The number of aromatic amines is 1. The van der Waals surface area contributed by atoms with Gasteiger partial charge in [-0.3, -0.25) is 9.59 Å². The molecule has 6 heteroatoms. The molecule has 126 valence electrons. The highest BCUT2D eigenvalue weighted by atomic mass is 19.1. The van der Waals surface area contributed by atoms with Gasteiger partial charge in [0.1, 0.15) is 5.82 Å². The van der Waals surface area contributed by atoms with Gasteiger partial charge in [-0.2, -0.15) is 0 Å². The first-order chi connectivity index (χ1) is 11.2. The number of aromatic nitrogens is 1. The number of halogens is 1. The molecule has 5 nitrogen and oxygen atoms in total. The average molecular weight is 331 g/mol. The number of Topliss-reactive ketones (excluding diaryl/α,β-unsaturated/α-hetero) is 2. The highest BCUT2D eigenvalue weighted by Crippen LogP contribution is 2.20. The SMILES string of the molecule is CC(=O)c1c(C)[nH]c(C(=O)[C@@H](C)OC(=O)c2cccc(F)c2)c1C. The van der Waals surface area contributed by atoms with Gasteiger partial charge in [0.2, 0.25) is 5.78 Å². The largest absolute Gasteiger partial charge is 0.451 e. The molecule has 1 aromatic carbocycles. The highest BCUT2D eigenvalue weighted by molar-refractivity contribution is 6.05. The molecule has 1 heterocycles. The summed E-state index contributed by atoms with van der Waals surface area (Å²) in [5.74, 6) is -1.95. The fourth-order valence-corrected chi connectivity index (χ4v) is 2.63. The third kappa shape index (κ3) is 3.42. The zero-order chi connectivity index (χ0) is 18.0. The smallest absolute Gasteiger partial charge is 0.338 e. The first-order valence-electron chi connectivity index (χ1n) is 7.43. The van der Waals surface area contributed by atoms with E-state index in [0.29, 0.717) is 16.8 Å². The van der Waals surface area contributed by atoms with E-state index in [1.165, 1.54) is 32.0 Å². The van der Waals surface area contributed by atoms with Crippen LogP contribution in [0.4, 0.5) is 4.39 Å². The molecule has 0 fully saturated rings. The summed E-state index contributed by atoms with van der Waals surface area (Å²) in [6.07, 6.45) is -1.07. The van der Waals surface area contributed by atoms with E-state index in [-0.39, 0.29) is 17.0 Å². The summed E-state index contributed by atoms with van der Waals surface area (Å²) in [7, 11) is 0. The van der Waals surface area contributed by atoms with Crippen molar-refractivity contribution in [2.75, 3.05) is 0 Å². The first-order valence-corrected chi connectivity index (χ1v) is 7.43. The topological polar surface area (TPSA) is 76.2 Å². The number of benzene rings is 1. The van der Waals surface area contributed by atoms with Crippen molar-refractivity contribution in [3.05, 3.63) is 58.2 Å². The quantitative estimate of drug-likeness (QED) is 0.673. The van der Waals surface area contributed by atoms with Crippen LogP contribution in [-0.4, -0.2) is 28.6 Å². The van der Waals surface area contributed by atoms with Crippen LogP contribution in [-0.2, 0) is 4.74 Å².